The summed E-state index contributed by atoms with van der Waals surface area (Å²) < 4.78 is 12.5. The van der Waals surface area contributed by atoms with Gasteiger partial charge in [0.2, 0.25) is 0 Å². The highest BCUT2D eigenvalue weighted by Crippen LogP contribution is 2.28. The molecule has 0 unspecified atom stereocenters. The molecule has 0 atom stereocenters. The fourth-order valence-electron chi connectivity index (χ4n) is 1.75. The Morgan fingerprint density at radius 3 is 2.74 bits per heavy atom. The largest absolute Gasteiger partial charge is 0.497 e. The minimum absolute atomic E-state index is 0.299. The van der Waals surface area contributed by atoms with Crippen LogP contribution in [0.25, 0.3) is 0 Å². The molecule has 2 rings (SSSR count). The van der Waals surface area contributed by atoms with E-state index in [1.54, 1.807) is 30.0 Å². The quantitative estimate of drug-likeness (QED) is 0.875. The Hall–Kier alpha value is -1.88. The van der Waals surface area contributed by atoms with E-state index in [4.69, 9.17) is 26.8 Å². The van der Waals surface area contributed by atoms with Gasteiger partial charge in [-0.1, -0.05) is 11.6 Å². The topological polar surface area (TPSA) is 62.3 Å². The lowest BCUT2D eigenvalue weighted by atomic mass is 10.3. The summed E-state index contributed by atoms with van der Waals surface area (Å²) in [6, 6.07) is 5.26. The van der Waals surface area contributed by atoms with Gasteiger partial charge in [-0.05, 0) is 19.1 Å². The summed E-state index contributed by atoms with van der Waals surface area (Å²) >= 11 is 6.16. The fraction of sp³-hybridized carbons (Fsp3) is 0.308. The van der Waals surface area contributed by atoms with Crippen molar-refractivity contribution in [3.8, 4) is 11.5 Å². The van der Waals surface area contributed by atoms with Crippen LogP contribution in [0.1, 0.15) is 11.4 Å². The molecule has 2 N–H and O–H groups in total. The molecule has 0 aliphatic rings. The van der Waals surface area contributed by atoms with E-state index in [-0.39, 0.29) is 0 Å². The normalized spacial score (nSPS) is 10.5. The lowest BCUT2D eigenvalue weighted by Crippen LogP contribution is -2.05. The van der Waals surface area contributed by atoms with Gasteiger partial charge in [0.15, 0.2) is 0 Å². The first kappa shape index (κ1) is 13.5. The molecule has 1 heterocycles. The van der Waals surface area contributed by atoms with Crippen LogP contribution in [-0.4, -0.2) is 16.9 Å². The molecule has 102 valence electrons. The number of hydrogen-bond donors (Lipinski definition) is 1. The maximum Gasteiger partial charge on any atom is 0.146 e. The van der Waals surface area contributed by atoms with Crippen LogP contribution in [0, 0.1) is 6.92 Å². The molecule has 0 aliphatic heterocycles. The molecule has 0 amide bonds. The monoisotopic (exact) mass is 281 g/mol. The average molecular weight is 282 g/mol. The Bertz CT molecular complexity index is 596. The molecule has 2 aromatic rings. The third-order valence-electron chi connectivity index (χ3n) is 2.85. The SMILES string of the molecule is COc1ccc(N)c(OCc2c(Cl)c(C)nn2C)c1. The van der Waals surface area contributed by atoms with E-state index >= 15 is 0 Å². The molecular weight excluding hydrogens is 266 g/mol. The molecule has 0 aliphatic carbocycles. The van der Waals surface area contributed by atoms with Crippen LogP contribution in [0.15, 0.2) is 18.2 Å². The third-order valence-corrected chi connectivity index (χ3v) is 3.34. The number of nitrogens with zero attached hydrogens (tertiary/aromatic N) is 2. The number of nitrogens with two attached hydrogens (primary N) is 1. The first-order chi connectivity index (χ1) is 9.02. The third kappa shape index (κ3) is 2.76. The van der Waals surface area contributed by atoms with Crippen molar-refractivity contribution in [2.45, 2.75) is 13.5 Å². The van der Waals surface area contributed by atoms with Gasteiger partial charge >= 0.3 is 0 Å². The average Bonchev–Trinajstić information content (AvgIpc) is 2.63. The van der Waals surface area contributed by atoms with Gasteiger partial charge in [0.1, 0.15) is 18.1 Å². The van der Waals surface area contributed by atoms with Crippen molar-refractivity contribution in [3.05, 3.63) is 34.6 Å². The molecule has 0 bridgehead atoms. The summed E-state index contributed by atoms with van der Waals surface area (Å²) in [4.78, 5) is 0. The van der Waals surface area contributed by atoms with Crippen molar-refractivity contribution in [1.82, 2.24) is 9.78 Å². The molecule has 0 saturated carbocycles. The van der Waals surface area contributed by atoms with Crippen molar-refractivity contribution in [2.75, 3.05) is 12.8 Å². The van der Waals surface area contributed by atoms with E-state index in [2.05, 4.69) is 5.10 Å². The molecule has 0 saturated heterocycles. The number of hydrogen-bond acceptors (Lipinski definition) is 4. The van der Waals surface area contributed by atoms with Crippen LogP contribution in [0.4, 0.5) is 5.69 Å². The number of aryl methyl sites for hydroxylation is 2. The minimum atomic E-state index is 0.299. The lowest BCUT2D eigenvalue weighted by molar-refractivity contribution is 0.294. The van der Waals surface area contributed by atoms with E-state index in [1.165, 1.54) is 0 Å². The second kappa shape index (κ2) is 5.40. The molecular formula is C13H16ClN3O2. The Kier molecular flexibility index (Phi) is 3.85. The number of ether oxygens (including phenoxy) is 2. The van der Waals surface area contributed by atoms with Crippen LogP contribution < -0.4 is 15.2 Å². The van der Waals surface area contributed by atoms with Gasteiger partial charge in [0.25, 0.3) is 0 Å². The first-order valence-corrected chi connectivity index (χ1v) is 6.15. The zero-order valence-electron chi connectivity index (χ0n) is 11.1. The van der Waals surface area contributed by atoms with Crippen LogP contribution >= 0.6 is 11.6 Å². The molecule has 1 aromatic carbocycles. The predicted octanol–water partition coefficient (Wildman–Crippen LogP) is 2.55. The van der Waals surface area contributed by atoms with Crippen LogP contribution in [0.5, 0.6) is 11.5 Å². The van der Waals surface area contributed by atoms with Crippen LogP contribution in [-0.2, 0) is 13.7 Å². The Morgan fingerprint density at radius 2 is 2.16 bits per heavy atom. The zero-order valence-corrected chi connectivity index (χ0v) is 11.9. The van der Waals surface area contributed by atoms with Gasteiger partial charge in [-0.25, -0.2) is 0 Å². The molecule has 1 aromatic heterocycles. The number of aromatic nitrogens is 2. The highest BCUT2D eigenvalue weighted by Gasteiger charge is 2.12. The van der Waals surface area contributed by atoms with E-state index < -0.39 is 0 Å². The Labute approximate surface area is 116 Å². The number of halogens is 1. The molecule has 19 heavy (non-hydrogen) atoms. The summed E-state index contributed by atoms with van der Waals surface area (Å²) in [6.45, 7) is 2.15. The second-order valence-electron chi connectivity index (χ2n) is 4.16. The number of rotatable bonds is 4. The van der Waals surface area contributed by atoms with Crippen molar-refractivity contribution in [3.63, 3.8) is 0 Å². The van der Waals surface area contributed by atoms with Crippen molar-refractivity contribution >= 4 is 17.3 Å². The maximum atomic E-state index is 6.16. The van der Waals surface area contributed by atoms with E-state index in [1.807, 2.05) is 14.0 Å². The Morgan fingerprint density at radius 1 is 1.42 bits per heavy atom. The van der Waals surface area contributed by atoms with Gasteiger partial charge in [0.05, 0.1) is 29.2 Å². The smallest absolute Gasteiger partial charge is 0.146 e. The van der Waals surface area contributed by atoms with Crippen LogP contribution in [0.2, 0.25) is 5.02 Å². The summed E-state index contributed by atoms with van der Waals surface area (Å²) in [5, 5.41) is 4.84. The molecule has 0 spiro atoms. The number of nitrogen functional groups attached to an aromatic ring is 1. The summed E-state index contributed by atoms with van der Waals surface area (Å²) in [6.07, 6.45) is 0. The second-order valence-corrected chi connectivity index (χ2v) is 4.54. The van der Waals surface area contributed by atoms with Crippen LogP contribution in [0.3, 0.4) is 0 Å². The van der Waals surface area contributed by atoms with E-state index in [0.717, 1.165) is 11.4 Å². The van der Waals surface area contributed by atoms with Crippen molar-refractivity contribution < 1.29 is 9.47 Å². The van der Waals surface area contributed by atoms with Gasteiger partial charge in [-0.15, -0.1) is 0 Å². The molecule has 6 heteroatoms. The highest BCUT2D eigenvalue weighted by molar-refractivity contribution is 6.31. The lowest BCUT2D eigenvalue weighted by Gasteiger charge is -2.10. The zero-order chi connectivity index (χ0) is 14.0. The standard InChI is InChI=1S/C13H16ClN3O2/c1-8-13(14)11(17(2)16-8)7-19-12-6-9(18-3)4-5-10(12)15/h4-6H,7,15H2,1-3H3. The van der Waals surface area contributed by atoms with E-state index in [9.17, 15) is 0 Å². The Balaban J connectivity index is 2.18. The maximum absolute atomic E-state index is 6.16. The van der Waals surface area contributed by atoms with Crippen molar-refractivity contribution in [2.24, 2.45) is 7.05 Å². The number of methoxy groups -OCH3 is 1. The van der Waals surface area contributed by atoms with Gasteiger partial charge in [-0.3, -0.25) is 4.68 Å². The fourth-order valence-corrected chi connectivity index (χ4v) is 1.96. The number of benzene rings is 1. The van der Waals surface area contributed by atoms with Gasteiger partial charge in [0, 0.05) is 13.1 Å². The molecule has 0 radical (unpaired) electrons. The molecule has 5 nitrogen and oxygen atoms in total. The minimum Gasteiger partial charge on any atom is -0.497 e. The van der Waals surface area contributed by atoms with E-state index in [0.29, 0.717) is 28.8 Å². The summed E-state index contributed by atoms with van der Waals surface area (Å²) in [5.41, 5.74) is 7.99. The van der Waals surface area contributed by atoms with Crippen molar-refractivity contribution in [1.29, 1.82) is 0 Å². The summed E-state index contributed by atoms with van der Waals surface area (Å²) in [5.74, 6) is 1.26. The van der Waals surface area contributed by atoms with Gasteiger partial charge in [-0.2, -0.15) is 5.10 Å². The number of anilines is 1. The first-order valence-electron chi connectivity index (χ1n) is 5.77. The summed E-state index contributed by atoms with van der Waals surface area (Å²) in [7, 11) is 3.42. The molecule has 0 fully saturated rings. The van der Waals surface area contributed by atoms with Gasteiger partial charge < -0.3 is 15.2 Å². The highest BCUT2D eigenvalue weighted by atomic mass is 35.5. The predicted molar refractivity (Wildman–Crippen MR) is 74.7 cm³/mol.